The van der Waals surface area contributed by atoms with Crippen molar-refractivity contribution in [2.45, 2.75) is 69.6 Å². The molecular weight excluding hydrogens is 692 g/mol. The van der Waals surface area contributed by atoms with Gasteiger partial charge in [-0.25, -0.2) is 8.78 Å². The molecule has 12 heteroatoms. The molecule has 1 saturated carbocycles. The summed E-state index contributed by atoms with van der Waals surface area (Å²) in [5.41, 5.74) is 14.7. The summed E-state index contributed by atoms with van der Waals surface area (Å²) >= 11 is 0. The molecule has 2 aromatic heterocycles. The molecule has 0 unspecified atom stereocenters. The number of piperidine rings is 1. The minimum Gasteiger partial charge on any atom is -0.481 e. The zero-order valence-corrected chi connectivity index (χ0v) is 29.9. The third-order valence-corrected chi connectivity index (χ3v) is 11.0. The summed E-state index contributed by atoms with van der Waals surface area (Å²) in [6.45, 7) is 2.96. The lowest BCUT2D eigenvalue weighted by Gasteiger charge is -2.43. The van der Waals surface area contributed by atoms with Gasteiger partial charge in [-0.15, -0.1) is 0 Å². The number of carboxylic acid groups (broad SMARTS) is 1. The number of carboxylic acids is 1. The van der Waals surface area contributed by atoms with Crippen molar-refractivity contribution < 1.29 is 33.1 Å². The number of anilines is 1. The highest BCUT2D eigenvalue weighted by molar-refractivity contribution is 5.93. The van der Waals surface area contributed by atoms with E-state index in [4.69, 9.17) is 10.3 Å². The lowest BCUT2D eigenvalue weighted by atomic mass is 9.86. The predicted molar refractivity (Wildman–Crippen MR) is 200 cm³/mol. The molecule has 8 rings (SSSR count). The molecule has 10 nitrogen and oxygen atoms in total. The standard InChI is InChI=1S/C22H25F2N3O5.C20H18N2/c23-12-5-6-13(15(24)9-12)20-10-17(26-32-20)21(29)25-16-7-8-27(11-14(16)22(30)31)18-3-1-2-4-19(18)28;1-13(19-8-4-5-11-22-19)15-9-10-17-16-7-3-2-6-14(16)12-18(17)20(15)21/h5-6,9-10,14,16,18-19,28H,1-4,7-8,11H2,(H,25,29)(H,30,31);2-11,13H,12,21H2,1H3/t14-,16-,18-,19-;13-/m01/s1. The van der Waals surface area contributed by atoms with Crippen LogP contribution in [-0.4, -0.2) is 68.4 Å². The van der Waals surface area contributed by atoms with Gasteiger partial charge in [0.15, 0.2) is 11.5 Å². The number of nitrogens with zero attached hydrogens (tertiary/aromatic N) is 3. The van der Waals surface area contributed by atoms with Crippen molar-refractivity contribution in [2.75, 3.05) is 18.8 Å². The quantitative estimate of drug-likeness (QED) is 0.129. The van der Waals surface area contributed by atoms with Gasteiger partial charge >= 0.3 is 5.97 Å². The molecule has 0 bridgehead atoms. The van der Waals surface area contributed by atoms with Gasteiger partial charge < -0.3 is 25.8 Å². The molecule has 0 radical (unpaired) electrons. The number of fused-ring (bicyclic) bond motifs is 3. The summed E-state index contributed by atoms with van der Waals surface area (Å²) < 4.78 is 32.1. The number of amides is 1. The first kappa shape index (κ1) is 36.9. The second kappa shape index (κ2) is 15.9. The molecule has 2 fully saturated rings. The Morgan fingerprint density at radius 1 is 0.963 bits per heavy atom. The van der Waals surface area contributed by atoms with Crippen LogP contribution in [0.2, 0.25) is 0 Å². The Morgan fingerprint density at radius 3 is 2.50 bits per heavy atom. The Kier molecular flexibility index (Phi) is 10.8. The van der Waals surface area contributed by atoms with Gasteiger partial charge in [-0.2, -0.15) is 0 Å². The summed E-state index contributed by atoms with van der Waals surface area (Å²) in [7, 11) is 0. The molecule has 0 spiro atoms. The van der Waals surface area contributed by atoms with Crippen LogP contribution in [0.1, 0.15) is 77.8 Å². The molecule has 2 aliphatic carbocycles. The molecule has 5 aromatic rings. The van der Waals surface area contributed by atoms with E-state index in [1.165, 1.54) is 39.9 Å². The SMILES string of the molecule is C[C@@H](c1ccccn1)c1ccc2c(c1N)Cc1ccccc1-2.O=C(N[C@H]1CCN([C@H]2CCCC[C@@H]2O)C[C@@H]1C(=O)O)c1cc(-c2ccc(F)cc2F)on1. The number of benzene rings is 3. The smallest absolute Gasteiger partial charge is 0.309 e. The summed E-state index contributed by atoms with van der Waals surface area (Å²) in [6.07, 6.45) is 6.21. The van der Waals surface area contributed by atoms with E-state index in [1.807, 2.05) is 23.2 Å². The lowest BCUT2D eigenvalue weighted by molar-refractivity contribution is -0.145. The second-order valence-electron chi connectivity index (χ2n) is 14.3. The largest absolute Gasteiger partial charge is 0.481 e. The van der Waals surface area contributed by atoms with Crippen LogP contribution in [0.3, 0.4) is 0 Å². The summed E-state index contributed by atoms with van der Waals surface area (Å²) in [5, 5.41) is 26.4. The van der Waals surface area contributed by atoms with Gasteiger partial charge in [0.05, 0.1) is 17.6 Å². The molecule has 280 valence electrons. The van der Waals surface area contributed by atoms with Gasteiger partial charge in [0.25, 0.3) is 5.91 Å². The zero-order chi connectivity index (χ0) is 37.9. The first-order valence-electron chi connectivity index (χ1n) is 18.4. The predicted octanol–water partition coefficient (Wildman–Crippen LogP) is 6.82. The molecule has 1 saturated heterocycles. The van der Waals surface area contributed by atoms with Crippen LogP contribution < -0.4 is 11.1 Å². The number of carbonyl (C=O) groups is 2. The van der Waals surface area contributed by atoms with E-state index in [1.54, 1.807) is 0 Å². The van der Waals surface area contributed by atoms with Crippen molar-refractivity contribution in [2.24, 2.45) is 5.92 Å². The Bertz CT molecular complexity index is 2140. The van der Waals surface area contributed by atoms with Crippen molar-refractivity contribution in [3.05, 3.63) is 125 Å². The number of nitrogen functional groups attached to an aromatic ring is 1. The van der Waals surface area contributed by atoms with Crippen molar-refractivity contribution in [1.82, 2.24) is 20.4 Å². The number of rotatable bonds is 7. The van der Waals surface area contributed by atoms with Gasteiger partial charge in [-0.1, -0.05) is 67.4 Å². The van der Waals surface area contributed by atoms with E-state index in [2.05, 4.69) is 64.8 Å². The molecule has 3 heterocycles. The van der Waals surface area contributed by atoms with Crippen LogP contribution >= 0.6 is 0 Å². The van der Waals surface area contributed by atoms with Crippen LogP contribution in [0.25, 0.3) is 22.5 Å². The van der Waals surface area contributed by atoms with Crippen molar-refractivity contribution in [3.8, 4) is 22.5 Å². The number of aliphatic carboxylic acids is 1. The first-order chi connectivity index (χ1) is 26.1. The monoisotopic (exact) mass is 735 g/mol. The molecule has 54 heavy (non-hydrogen) atoms. The first-order valence-corrected chi connectivity index (χ1v) is 18.4. The maximum Gasteiger partial charge on any atom is 0.309 e. The summed E-state index contributed by atoms with van der Waals surface area (Å²) in [6, 6.07) is 22.5. The fourth-order valence-corrected chi connectivity index (χ4v) is 8.08. The van der Waals surface area contributed by atoms with Crippen LogP contribution in [0.15, 0.2) is 89.6 Å². The van der Waals surface area contributed by atoms with E-state index < -0.39 is 41.6 Å². The number of nitrogens with one attached hydrogen (secondary N) is 1. The minimum atomic E-state index is -1.03. The molecule has 3 aliphatic rings. The van der Waals surface area contributed by atoms with Crippen molar-refractivity contribution in [3.63, 3.8) is 0 Å². The lowest BCUT2D eigenvalue weighted by Crippen LogP contribution is -2.58. The number of likely N-dealkylation sites (tertiary alicyclic amines) is 1. The van der Waals surface area contributed by atoms with Crippen molar-refractivity contribution >= 4 is 17.6 Å². The highest BCUT2D eigenvalue weighted by atomic mass is 19.1. The number of hydrogen-bond acceptors (Lipinski definition) is 8. The average Bonchev–Trinajstić information content (AvgIpc) is 3.82. The second-order valence-corrected chi connectivity index (χ2v) is 14.3. The van der Waals surface area contributed by atoms with Gasteiger partial charge in [-0.3, -0.25) is 19.5 Å². The third-order valence-electron chi connectivity index (χ3n) is 11.0. The number of carbonyl (C=O) groups excluding carboxylic acids is 1. The minimum absolute atomic E-state index is 0.0384. The van der Waals surface area contributed by atoms with Crippen LogP contribution in [0, 0.1) is 17.6 Å². The average molecular weight is 736 g/mol. The van der Waals surface area contributed by atoms with Gasteiger partial charge in [0.2, 0.25) is 0 Å². The number of aliphatic hydroxyl groups excluding tert-OH is 1. The fourth-order valence-electron chi connectivity index (χ4n) is 8.08. The third kappa shape index (κ3) is 7.62. The molecule has 1 aliphatic heterocycles. The highest BCUT2D eigenvalue weighted by Gasteiger charge is 2.40. The van der Waals surface area contributed by atoms with E-state index in [0.29, 0.717) is 25.5 Å². The molecule has 1 amide bonds. The number of nitrogens with two attached hydrogens (primary N) is 1. The Balaban J connectivity index is 0.000000178. The van der Waals surface area contributed by atoms with Gasteiger partial charge in [0, 0.05) is 67.2 Å². The van der Waals surface area contributed by atoms with E-state index in [9.17, 15) is 28.6 Å². The van der Waals surface area contributed by atoms with E-state index in [-0.39, 0.29) is 35.5 Å². The normalized spacial score (nSPS) is 21.3. The number of halogens is 2. The number of pyridine rings is 1. The van der Waals surface area contributed by atoms with Gasteiger partial charge in [-0.05, 0) is 71.3 Å². The molecule has 5 N–H and O–H groups in total. The van der Waals surface area contributed by atoms with E-state index in [0.717, 1.165) is 43.1 Å². The molecule has 5 atom stereocenters. The summed E-state index contributed by atoms with van der Waals surface area (Å²) in [4.78, 5) is 31.1. The molecular formula is C42H43F2N5O5. The highest BCUT2D eigenvalue weighted by Crippen LogP contribution is 2.42. The summed E-state index contributed by atoms with van der Waals surface area (Å²) in [5.74, 6) is -3.93. The fraction of sp³-hybridized carbons (Fsp3) is 0.333. The number of aliphatic hydroxyl groups is 1. The Morgan fingerprint density at radius 2 is 1.74 bits per heavy atom. The zero-order valence-electron chi connectivity index (χ0n) is 29.9. The van der Waals surface area contributed by atoms with Crippen LogP contribution in [-0.2, 0) is 11.2 Å². The van der Waals surface area contributed by atoms with Gasteiger partial charge in [0.1, 0.15) is 11.6 Å². The Labute approximate surface area is 312 Å². The van der Waals surface area contributed by atoms with Crippen LogP contribution in [0.5, 0.6) is 0 Å². The number of hydrogen-bond donors (Lipinski definition) is 4. The maximum atomic E-state index is 14.0. The number of aromatic nitrogens is 2. The maximum absolute atomic E-state index is 14.0. The van der Waals surface area contributed by atoms with E-state index >= 15 is 0 Å². The van der Waals surface area contributed by atoms with Crippen LogP contribution in [0.4, 0.5) is 14.5 Å². The topological polar surface area (TPSA) is 155 Å². The Hall–Kier alpha value is -5.46. The molecule has 3 aromatic carbocycles. The van der Waals surface area contributed by atoms with Crippen molar-refractivity contribution in [1.29, 1.82) is 0 Å².